The Kier molecular flexibility index (Phi) is 10.8. The summed E-state index contributed by atoms with van der Waals surface area (Å²) in [5, 5.41) is 0. The molecular formula is C33H42O12. The highest BCUT2D eigenvalue weighted by molar-refractivity contribution is 5.93. The predicted octanol–water partition coefficient (Wildman–Crippen LogP) is 5.80. The molecule has 12 nitrogen and oxygen atoms in total. The van der Waals surface area contributed by atoms with E-state index in [0.717, 1.165) is 24.5 Å². The zero-order valence-electron chi connectivity index (χ0n) is 27.9. The van der Waals surface area contributed by atoms with Crippen molar-refractivity contribution in [3.05, 3.63) is 46.0 Å². The second-order valence-corrected chi connectivity index (χ2v) is 14.5. The van der Waals surface area contributed by atoms with Gasteiger partial charge in [-0.05, 0) is 95.2 Å². The van der Waals surface area contributed by atoms with Crippen molar-refractivity contribution in [3.63, 3.8) is 0 Å². The van der Waals surface area contributed by atoms with E-state index in [2.05, 4.69) is 0 Å². The molecule has 246 valence electrons. The minimum Gasteiger partial charge on any atom is -0.462 e. The standard InChI is InChI=1S/C33H42O12/c1-30(2,3)26(36)42-21-13-18(14-22(43-27(37)31(4,5)6)24(21)45-29(39)33(10,11)12)25(35)41-16-19-15-20(34)23(17-40-19)44-28(38)32(7,8)9/h13-15,17H,16H2,1-12H3. The molecule has 0 aliphatic carbocycles. The lowest BCUT2D eigenvalue weighted by Crippen LogP contribution is -2.29. The highest BCUT2D eigenvalue weighted by Crippen LogP contribution is 2.42. The first-order valence-corrected chi connectivity index (χ1v) is 14.2. The molecule has 0 unspecified atom stereocenters. The first kappa shape index (κ1) is 36.7. The van der Waals surface area contributed by atoms with Gasteiger partial charge >= 0.3 is 29.8 Å². The van der Waals surface area contributed by atoms with Crippen molar-refractivity contribution < 1.29 is 52.1 Å². The Morgan fingerprint density at radius 3 is 1.33 bits per heavy atom. The summed E-state index contributed by atoms with van der Waals surface area (Å²) in [5.41, 5.74) is -4.79. The van der Waals surface area contributed by atoms with E-state index in [1.807, 2.05) is 0 Å². The van der Waals surface area contributed by atoms with Gasteiger partial charge in [0.2, 0.25) is 16.9 Å². The molecule has 45 heavy (non-hydrogen) atoms. The molecule has 2 rings (SSSR count). The number of hydrogen-bond donors (Lipinski definition) is 0. The summed E-state index contributed by atoms with van der Waals surface area (Å²) in [6, 6.07) is 3.22. The quantitative estimate of drug-likeness (QED) is 0.267. The Morgan fingerprint density at radius 1 is 0.578 bits per heavy atom. The Hall–Kier alpha value is -4.48. The molecule has 0 saturated carbocycles. The van der Waals surface area contributed by atoms with Crippen molar-refractivity contribution in [3.8, 4) is 23.0 Å². The molecule has 0 amide bonds. The van der Waals surface area contributed by atoms with Crippen LogP contribution in [0.2, 0.25) is 0 Å². The van der Waals surface area contributed by atoms with Crippen molar-refractivity contribution in [2.75, 3.05) is 0 Å². The summed E-state index contributed by atoms with van der Waals surface area (Å²) in [5.74, 6) is -5.35. The van der Waals surface area contributed by atoms with E-state index < -0.39 is 63.5 Å². The van der Waals surface area contributed by atoms with Gasteiger partial charge in [0.05, 0.1) is 27.2 Å². The van der Waals surface area contributed by atoms with E-state index in [9.17, 15) is 28.8 Å². The van der Waals surface area contributed by atoms with Crippen LogP contribution in [0.25, 0.3) is 0 Å². The third-order valence-corrected chi connectivity index (χ3v) is 5.71. The fraction of sp³-hybridized carbons (Fsp3) is 0.515. The molecule has 0 radical (unpaired) electrons. The van der Waals surface area contributed by atoms with Gasteiger partial charge in [0.25, 0.3) is 0 Å². The van der Waals surface area contributed by atoms with E-state index in [-0.39, 0.29) is 34.3 Å². The number of carbonyl (C=O) groups is 5. The monoisotopic (exact) mass is 630 g/mol. The SMILES string of the molecule is CC(C)(C)C(=O)Oc1cc(C(=O)OCc2cc(=O)c(OC(=O)C(C)(C)C)co2)cc(OC(=O)C(C)(C)C)c1OC(=O)C(C)(C)C. The van der Waals surface area contributed by atoms with Crippen molar-refractivity contribution in [1.29, 1.82) is 0 Å². The Bertz CT molecular complexity index is 1480. The molecule has 1 aromatic heterocycles. The molecule has 0 saturated heterocycles. The van der Waals surface area contributed by atoms with Crippen LogP contribution in [0.15, 0.2) is 33.7 Å². The van der Waals surface area contributed by atoms with E-state index in [0.29, 0.717) is 0 Å². The predicted molar refractivity (Wildman–Crippen MR) is 161 cm³/mol. The maximum absolute atomic E-state index is 13.2. The summed E-state index contributed by atoms with van der Waals surface area (Å²) in [4.78, 5) is 76.4. The Labute approximate surface area is 262 Å². The molecule has 0 aliphatic heterocycles. The molecule has 12 heteroatoms. The normalized spacial score (nSPS) is 12.2. The molecular weight excluding hydrogens is 588 g/mol. The summed E-state index contributed by atoms with van der Waals surface area (Å²) < 4.78 is 32.4. The van der Waals surface area contributed by atoms with Gasteiger partial charge in [-0.3, -0.25) is 24.0 Å². The van der Waals surface area contributed by atoms with Gasteiger partial charge in [0.1, 0.15) is 18.6 Å². The van der Waals surface area contributed by atoms with Gasteiger partial charge < -0.3 is 28.1 Å². The summed E-state index contributed by atoms with van der Waals surface area (Å²) in [6.07, 6.45) is 0.932. The van der Waals surface area contributed by atoms with Crippen LogP contribution in [-0.4, -0.2) is 29.8 Å². The molecule has 1 aromatic carbocycles. The number of ether oxygens (including phenoxy) is 5. The van der Waals surface area contributed by atoms with E-state index in [4.69, 9.17) is 28.1 Å². The minimum absolute atomic E-state index is 0.0709. The van der Waals surface area contributed by atoms with Crippen molar-refractivity contribution in [2.24, 2.45) is 21.7 Å². The lowest BCUT2D eigenvalue weighted by molar-refractivity contribution is -0.146. The maximum Gasteiger partial charge on any atom is 0.338 e. The van der Waals surface area contributed by atoms with Crippen LogP contribution in [0, 0.1) is 21.7 Å². The average molecular weight is 631 g/mol. The molecule has 2 aromatic rings. The van der Waals surface area contributed by atoms with Crippen molar-refractivity contribution in [1.82, 2.24) is 0 Å². The number of rotatable bonds is 7. The largest absolute Gasteiger partial charge is 0.462 e. The number of benzene rings is 1. The molecule has 0 bridgehead atoms. The topological polar surface area (TPSA) is 162 Å². The fourth-order valence-electron chi connectivity index (χ4n) is 2.76. The number of carbonyl (C=O) groups excluding carboxylic acids is 5. The third kappa shape index (κ3) is 10.3. The van der Waals surface area contributed by atoms with Crippen molar-refractivity contribution >= 4 is 29.8 Å². The van der Waals surface area contributed by atoms with Gasteiger partial charge in [0.15, 0.2) is 11.5 Å². The van der Waals surface area contributed by atoms with Crippen LogP contribution in [-0.2, 0) is 30.5 Å². The summed E-state index contributed by atoms with van der Waals surface area (Å²) in [6.45, 7) is 18.7. The summed E-state index contributed by atoms with van der Waals surface area (Å²) >= 11 is 0. The zero-order chi connectivity index (χ0) is 34.7. The maximum atomic E-state index is 13.2. The van der Waals surface area contributed by atoms with E-state index in [1.54, 1.807) is 83.1 Å². The third-order valence-electron chi connectivity index (χ3n) is 5.71. The molecule has 0 fully saturated rings. The van der Waals surface area contributed by atoms with Gasteiger partial charge in [-0.15, -0.1) is 0 Å². The summed E-state index contributed by atoms with van der Waals surface area (Å²) in [7, 11) is 0. The fourth-order valence-corrected chi connectivity index (χ4v) is 2.76. The zero-order valence-corrected chi connectivity index (χ0v) is 27.9. The molecule has 1 heterocycles. The lowest BCUT2D eigenvalue weighted by atomic mass is 9.97. The van der Waals surface area contributed by atoms with Crippen LogP contribution in [0.3, 0.4) is 0 Å². The van der Waals surface area contributed by atoms with Gasteiger partial charge in [0, 0.05) is 6.07 Å². The number of esters is 5. The van der Waals surface area contributed by atoms with Gasteiger partial charge in [-0.1, -0.05) is 0 Å². The van der Waals surface area contributed by atoms with Crippen LogP contribution < -0.4 is 24.4 Å². The minimum atomic E-state index is -1.00. The van der Waals surface area contributed by atoms with E-state index >= 15 is 0 Å². The first-order chi connectivity index (χ1) is 20.3. The molecule has 0 atom stereocenters. The molecule has 0 aliphatic rings. The number of hydrogen-bond acceptors (Lipinski definition) is 12. The van der Waals surface area contributed by atoms with E-state index in [1.165, 1.54) is 0 Å². The molecule has 0 N–H and O–H groups in total. The van der Waals surface area contributed by atoms with Crippen LogP contribution in [0.1, 0.15) is 99.2 Å². The molecule has 0 spiro atoms. The second-order valence-electron chi connectivity index (χ2n) is 14.5. The van der Waals surface area contributed by atoms with Gasteiger partial charge in [-0.25, -0.2) is 4.79 Å². The highest BCUT2D eigenvalue weighted by atomic mass is 16.6. The van der Waals surface area contributed by atoms with Crippen LogP contribution in [0.4, 0.5) is 0 Å². The first-order valence-electron chi connectivity index (χ1n) is 14.2. The Morgan fingerprint density at radius 2 is 0.956 bits per heavy atom. The van der Waals surface area contributed by atoms with Gasteiger partial charge in [-0.2, -0.15) is 0 Å². The second kappa shape index (κ2) is 13.3. The van der Waals surface area contributed by atoms with Crippen LogP contribution in [0.5, 0.6) is 23.0 Å². The van der Waals surface area contributed by atoms with Crippen LogP contribution >= 0.6 is 0 Å². The average Bonchev–Trinajstić information content (AvgIpc) is 2.87. The Balaban J connectivity index is 2.53. The van der Waals surface area contributed by atoms with Crippen molar-refractivity contribution in [2.45, 2.75) is 89.7 Å². The smallest absolute Gasteiger partial charge is 0.338 e. The lowest BCUT2D eigenvalue weighted by Gasteiger charge is -2.23. The highest BCUT2D eigenvalue weighted by Gasteiger charge is 2.33.